The fourth-order valence-corrected chi connectivity index (χ4v) is 1.71. The van der Waals surface area contributed by atoms with Gasteiger partial charge in [-0.05, 0) is 18.1 Å². The first-order chi connectivity index (χ1) is 6.16. The van der Waals surface area contributed by atoms with Crippen LogP contribution in [0.15, 0.2) is 24.3 Å². The van der Waals surface area contributed by atoms with E-state index in [1.54, 1.807) is 0 Å². The normalized spacial score (nSPS) is 12.2. The van der Waals surface area contributed by atoms with Gasteiger partial charge in [0.05, 0.1) is 0 Å². The molecule has 2 nitrogen and oxygen atoms in total. The molecule has 0 aromatic heterocycles. The lowest BCUT2D eigenvalue weighted by molar-refractivity contribution is -0.129. The lowest BCUT2D eigenvalue weighted by Crippen LogP contribution is -2.08. The van der Waals surface area contributed by atoms with Gasteiger partial charge in [0.2, 0.25) is 5.78 Å². The van der Waals surface area contributed by atoms with Crippen LogP contribution >= 0.6 is 15.9 Å². The molecule has 0 heterocycles. The lowest BCUT2D eigenvalue weighted by atomic mass is 10.0. The molecule has 1 rings (SSSR count). The van der Waals surface area contributed by atoms with Crippen LogP contribution in [0.3, 0.4) is 0 Å². The Hall–Kier alpha value is -0.960. The number of aryl methyl sites for hydroxylation is 1. The number of hydrogen-bond donors (Lipinski definition) is 0. The molecule has 1 unspecified atom stereocenters. The van der Waals surface area contributed by atoms with Gasteiger partial charge in [0.25, 0.3) is 0 Å². The van der Waals surface area contributed by atoms with Gasteiger partial charge >= 0.3 is 0 Å². The third-order valence-electron chi connectivity index (χ3n) is 1.83. The molecule has 0 amide bonds. The fraction of sp³-hybridized carbons (Fsp3) is 0.200. The molecule has 0 aliphatic rings. The minimum Gasteiger partial charge on any atom is -0.295 e. The van der Waals surface area contributed by atoms with Crippen LogP contribution in [0.2, 0.25) is 0 Å². The van der Waals surface area contributed by atoms with Crippen LogP contribution in [0.25, 0.3) is 0 Å². The summed E-state index contributed by atoms with van der Waals surface area (Å²) < 4.78 is 0. The molecule has 0 saturated carbocycles. The van der Waals surface area contributed by atoms with E-state index >= 15 is 0 Å². The Balaban J connectivity index is 3.01. The van der Waals surface area contributed by atoms with E-state index < -0.39 is 10.6 Å². The molecule has 0 aliphatic heterocycles. The molecule has 0 saturated heterocycles. The molecule has 0 aliphatic carbocycles. The summed E-state index contributed by atoms with van der Waals surface area (Å²) in [4.78, 5) is 20.8. The summed E-state index contributed by atoms with van der Waals surface area (Å²) in [5.74, 6) is -0.450. The van der Waals surface area contributed by atoms with Gasteiger partial charge in [0.1, 0.15) is 4.83 Å². The van der Waals surface area contributed by atoms with Crippen molar-refractivity contribution >= 4 is 28.0 Å². The van der Waals surface area contributed by atoms with E-state index in [-0.39, 0.29) is 0 Å². The minimum atomic E-state index is -0.508. The lowest BCUT2D eigenvalue weighted by Gasteiger charge is -2.07. The van der Waals surface area contributed by atoms with Gasteiger partial charge in [-0.2, -0.15) is 0 Å². The number of carbonyl (C=O) groups is 2. The van der Waals surface area contributed by atoms with E-state index in [1.165, 1.54) is 0 Å². The second-order valence-corrected chi connectivity index (χ2v) is 3.66. The largest absolute Gasteiger partial charge is 0.295 e. The van der Waals surface area contributed by atoms with Gasteiger partial charge in [-0.25, -0.2) is 0 Å². The van der Waals surface area contributed by atoms with Crippen molar-refractivity contribution in [2.24, 2.45) is 0 Å². The SMILES string of the molecule is Cc1ccccc1C(Br)C(=O)C=O. The third-order valence-corrected chi connectivity index (χ3v) is 2.77. The molecule has 68 valence electrons. The first kappa shape index (κ1) is 10.1. The molecule has 0 bridgehead atoms. The summed E-state index contributed by atoms with van der Waals surface area (Å²) in [7, 11) is 0. The molecular weight excluding hydrogens is 232 g/mol. The van der Waals surface area contributed by atoms with Crippen molar-refractivity contribution in [3.8, 4) is 0 Å². The van der Waals surface area contributed by atoms with Gasteiger partial charge < -0.3 is 0 Å². The van der Waals surface area contributed by atoms with Gasteiger partial charge in [-0.15, -0.1) is 0 Å². The number of benzene rings is 1. The first-order valence-corrected chi connectivity index (χ1v) is 4.77. The van der Waals surface area contributed by atoms with Crippen LogP contribution in [0.4, 0.5) is 0 Å². The number of carbonyl (C=O) groups excluding carboxylic acids is 2. The number of aldehydes is 1. The molecule has 0 radical (unpaired) electrons. The molecule has 1 atom stereocenters. The summed E-state index contributed by atoms with van der Waals surface area (Å²) in [5.41, 5.74) is 1.85. The van der Waals surface area contributed by atoms with E-state index in [0.717, 1.165) is 11.1 Å². The maximum Gasteiger partial charge on any atom is 0.213 e. The Bertz CT molecular complexity index is 333. The highest BCUT2D eigenvalue weighted by molar-refractivity contribution is 9.09. The highest BCUT2D eigenvalue weighted by atomic mass is 79.9. The van der Waals surface area contributed by atoms with Gasteiger partial charge in [0.15, 0.2) is 6.29 Å². The van der Waals surface area contributed by atoms with Crippen LogP contribution < -0.4 is 0 Å². The van der Waals surface area contributed by atoms with Crippen molar-refractivity contribution in [3.63, 3.8) is 0 Å². The van der Waals surface area contributed by atoms with E-state index in [2.05, 4.69) is 15.9 Å². The maximum absolute atomic E-state index is 11.0. The zero-order chi connectivity index (χ0) is 9.84. The van der Waals surface area contributed by atoms with E-state index in [1.807, 2.05) is 31.2 Å². The van der Waals surface area contributed by atoms with Crippen molar-refractivity contribution in [2.75, 3.05) is 0 Å². The number of alkyl halides is 1. The fourth-order valence-electron chi connectivity index (χ4n) is 1.08. The molecular formula is C10H9BrO2. The number of rotatable bonds is 3. The van der Waals surface area contributed by atoms with Crippen molar-refractivity contribution in [2.45, 2.75) is 11.8 Å². The highest BCUT2D eigenvalue weighted by Gasteiger charge is 2.17. The summed E-state index contributed by atoms with van der Waals surface area (Å²) in [6, 6.07) is 7.47. The van der Waals surface area contributed by atoms with E-state index in [9.17, 15) is 9.59 Å². The van der Waals surface area contributed by atoms with Crippen LogP contribution in [-0.2, 0) is 9.59 Å². The topological polar surface area (TPSA) is 34.1 Å². The maximum atomic E-state index is 11.0. The summed E-state index contributed by atoms with van der Waals surface area (Å²) in [6.07, 6.45) is 0.339. The first-order valence-electron chi connectivity index (χ1n) is 3.85. The second kappa shape index (κ2) is 4.33. The van der Waals surface area contributed by atoms with Crippen LogP contribution in [0.5, 0.6) is 0 Å². The minimum absolute atomic E-state index is 0.339. The Labute approximate surface area is 85.1 Å². The van der Waals surface area contributed by atoms with Gasteiger partial charge in [-0.1, -0.05) is 40.2 Å². The van der Waals surface area contributed by atoms with Gasteiger partial charge in [0, 0.05) is 0 Å². The number of hydrogen-bond acceptors (Lipinski definition) is 2. The predicted molar refractivity (Wildman–Crippen MR) is 53.9 cm³/mol. The molecule has 1 aromatic carbocycles. The van der Waals surface area contributed by atoms with Crippen LogP contribution in [0.1, 0.15) is 16.0 Å². The average molecular weight is 241 g/mol. The van der Waals surface area contributed by atoms with Crippen LogP contribution in [-0.4, -0.2) is 12.1 Å². The van der Waals surface area contributed by atoms with E-state index in [4.69, 9.17) is 0 Å². The highest BCUT2D eigenvalue weighted by Crippen LogP contribution is 2.25. The molecule has 0 spiro atoms. The quantitative estimate of drug-likeness (QED) is 0.461. The summed E-state index contributed by atoms with van der Waals surface area (Å²) >= 11 is 3.18. The van der Waals surface area contributed by atoms with E-state index in [0.29, 0.717) is 6.29 Å². The Kier molecular flexibility index (Phi) is 3.37. The molecule has 0 fully saturated rings. The number of Topliss-reactive ketones (excluding diaryl/α,β-unsaturated/α-hetero) is 1. The van der Waals surface area contributed by atoms with Crippen molar-refractivity contribution < 1.29 is 9.59 Å². The number of ketones is 1. The smallest absolute Gasteiger partial charge is 0.213 e. The van der Waals surface area contributed by atoms with Crippen molar-refractivity contribution in [1.82, 2.24) is 0 Å². The summed E-state index contributed by atoms with van der Waals surface area (Å²) in [6.45, 7) is 1.90. The monoisotopic (exact) mass is 240 g/mol. The predicted octanol–water partition coefficient (Wildman–Crippen LogP) is 2.20. The molecule has 3 heteroatoms. The van der Waals surface area contributed by atoms with Gasteiger partial charge in [-0.3, -0.25) is 9.59 Å². The Morgan fingerprint density at radius 3 is 2.62 bits per heavy atom. The Morgan fingerprint density at radius 1 is 1.46 bits per heavy atom. The van der Waals surface area contributed by atoms with Crippen molar-refractivity contribution in [1.29, 1.82) is 0 Å². The molecule has 13 heavy (non-hydrogen) atoms. The number of halogens is 1. The second-order valence-electron chi connectivity index (χ2n) is 2.74. The standard InChI is InChI=1S/C10H9BrO2/c1-7-4-2-3-5-8(7)10(11)9(13)6-12/h2-6,10H,1H3. The zero-order valence-electron chi connectivity index (χ0n) is 7.16. The average Bonchev–Trinajstić information content (AvgIpc) is 2.16. The Morgan fingerprint density at radius 2 is 2.08 bits per heavy atom. The molecule has 0 N–H and O–H groups in total. The summed E-state index contributed by atoms with van der Waals surface area (Å²) in [5, 5.41) is 0. The molecule has 1 aromatic rings. The zero-order valence-corrected chi connectivity index (χ0v) is 8.74. The van der Waals surface area contributed by atoms with Crippen LogP contribution in [0, 0.1) is 6.92 Å². The third kappa shape index (κ3) is 2.25. The van der Waals surface area contributed by atoms with Crippen molar-refractivity contribution in [3.05, 3.63) is 35.4 Å².